The van der Waals surface area contributed by atoms with Gasteiger partial charge in [-0.1, -0.05) is 0 Å². The molecule has 0 unspecified atom stereocenters. The molecule has 24 heavy (non-hydrogen) atoms. The summed E-state index contributed by atoms with van der Waals surface area (Å²) >= 11 is 0. The van der Waals surface area contributed by atoms with Crippen molar-refractivity contribution in [2.75, 3.05) is 18.4 Å². The highest BCUT2D eigenvalue weighted by Crippen LogP contribution is 2.22. The number of likely N-dealkylation sites (tertiary alicyclic amines) is 1. The highest BCUT2D eigenvalue weighted by Gasteiger charge is 2.28. The van der Waals surface area contributed by atoms with Crippen molar-refractivity contribution >= 4 is 11.7 Å². The number of ether oxygens (including phenoxy) is 1. The molecule has 1 saturated heterocycles. The summed E-state index contributed by atoms with van der Waals surface area (Å²) in [6.07, 6.45) is 4.21. The van der Waals surface area contributed by atoms with Crippen LogP contribution in [0.5, 0.6) is 5.75 Å². The van der Waals surface area contributed by atoms with Gasteiger partial charge in [0, 0.05) is 25.7 Å². The summed E-state index contributed by atoms with van der Waals surface area (Å²) in [5.74, 6) is 0.737. The molecule has 0 saturated carbocycles. The first-order valence-electron chi connectivity index (χ1n) is 8.25. The zero-order valence-corrected chi connectivity index (χ0v) is 14.3. The second-order valence-corrected chi connectivity index (χ2v) is 5.96. The number of urea groups is 1. The van der Waals surface area contributed by atoms with Crippen LogP contribution in [0.3, 0.4) is 0 Å². The van der Waals surface area contributed by atoms with Gasteiger partial charge in [-0.25, -0.2) is 4.79 Å². The summed E-state index contributed by atoms with van der Waals surface area (Å²) in [7, 11) is 0. The van der Waals surface area contributed by atoms with Crippen LogP contribution >= 0.6 is 0 Å². The van der Waals surface area contributed by atoms with Crippen LogP contribution in [0, 0.1) is 13.8 Å². The predicted octanol–water partition coefficient (Wildman–Crippen LogP) is 2.60. The molecular weight excluding hydrogens is 306 g/mol. The SMILES string of the molecule is CCn1nc(C)c(NC(=O)N2CC[C@@H](Oc3cccnc3)C2)c1C. The average molecular weight is 329 g/mol. The molecule has 2 aromatic heterocycles. The molecule has 0 spiro atoms. The minimum Gasteiger partial charge on any atom is -0.487 e. The third-order valence-electron chi connectivity index (χ3n) is 4.28. The standard InChI is InChI=1S/C17H23N5O2/c1-4-22-13(3)16(12(2)20-22)19-17(23)21-9-7-15(11-21)24-14-6-5-8-18-10-14/h5-6,8,10,15H,4,7,9,11H2,1-3H3,(H,19,23)/t15-/m1/s1. The molecule has 2 amide bonds. The maximum absolute atomic E-state index is 12.5. The van der Waals surface area contributed by atoms with E-state index in [1.807, 2.05) is 37.6 Å². The van der Waals surface area contributed by atoms with Crippen LogP contribution in [-0.2, 0) is 6.54 Å². The summed E-state index contributed by atoms with van der Waals surface area (Å²) < 4.78 is 7.77. The number of nitrogens with zero attached hydrogens (tertiary/aromatic N) is 4. The van der Waals surface area contributed by atoms with Gasteiger partial charge in [-0.3, -0.25) is 9.67 Å². The maximum Gasteiger partial charge on any atom is 0.322 e. The third kappa shape index (κ3) is 3.34. The number of hydrogen-bond donors (Lipinski definition) is 1. The van der Waals surface area contributed by atoms with Crippen molar-refractivity contribution in [1.29, 1.82) is 0 Å². The first-order chi connectivity index (χ1) is 11.6. The van der Waals surface area contributed by atoms with Gasteiger partial charge in [0.15, 0.2) is 0 Å². The number of carbonyl (C=O) groups is 1. The van der Waals surface area contributed by atoms with Crippen molar-refractivity contribution in [3.05, 3.63) is 35.9 Å². The fourth-order valence-corrected chi connectivity index (χ4v) is 2.99. The van der Waals surface area contributed by atoms with Crippen LogP contribution in [0.4, 0.5) is 10.5 Å². The molecule has 1 aliphatic rings. The normalized spacial score (nSPS) is 17.1. The van der Waals surface area contributed by atoms with Crippen LogP contribution in [-0.4, -0.2) is 44.9 Å². The molecule has 1 N–H and O–H groups in total. The van der Waals surface area contributed by atoms with E-state index in [-0.39, 0.29) is 12.1 Å². The van der Waals surface area contributed by atoms with Crippen molar-refractivity contribution in [1.82, 2.24) is 19.7 Å². The first-order valence-corrected chi connectivity index (χ1v) is 8.25. The fraction of sp³-hybridized carbons (Fsp3) is 0.471. The van der Waals surface area contributed by atoms with E-state index in [0.717, 1.165) is 35.8 Å². The molecular formula is C17H23N5O2. The molecule has 7 nitrogen and oxygen atoms in total. The minimum atomic E-state index is -0.103. The summed E-state index contributed by atoms with van der Waals surface area (Å²) in [4.78, 5) is 18.3. The topological polar surface area (TPSA) is 72.3 Å². The Morgan fingerprint density at radius 2 is 2.29 bits per heavy atom. The van der Waals surface area contributed by atoms with E-state index in [4.69, 9.17) is 4.74 Å². The molecule has 7 heteroatoms. The van der Waals surface area contributed by atoms with Gasteiger partial charge >= 0.3 is 6.03 Å². The van der Waals surface area contributed by atoms with Crippen LogP contribution in [0.15, 0.2) is 24.5 Å². The lowest BCUT2D eigenvalue weighted by Crippen LogP contribution is -2.34. The number of amides is 2. The van der Waals surface area contributed by atoms with E-state index in [1.165, 1.54) is 0 Å². The van der Waals surface area contributed by atoms with Crippen molar-refractivity contribution in [2.24, 2.45) is 0 Å². The Kier molecular flexibility index (Phi) is 4.69. The molecule has 3 heterocycles. The number of rotatable bonds is 4. The maximum atomic E-state index is 12.5. The summed E-state index contributed by atoms with van der Waals surface area (Å²) in [6, 6.07) is 3.61. The lowest BCUT2D eigenvalue weighted by atomic mass is 10.3. The van der Waals surface area contributed by atoms with Crippen LogP contribution in [0.25, 0.3) is 0 Å². The van der Waals surface area contributed by atoms with Gasteiger partial charge in [-0.2, -0.15) is 5.10 Å². The molecule has 0 radical (unpaired) electrons. The zero-order valence-electron chi connectivity index (χ0n) is 14.3. The Morgan fingerprint density at radius 3 is 2.96 bits per heavy atom. The van der Waals surface area contributed by atoms with E-state index < -0.39 is 0 Å². The smallest absolute Gasteiger partial charge is 0.322 e. The second-order valence-electron chi connectivity index (χ2n) is 5.96. The molecule has 1 atom stereocenters. The van der Waals surface area contributed by atoms with E-state index in [1.54, 1.807) is 17.3 Å². The highest BCUT2D eigenvalue weighted by molar-refractivity contribution is 5.90. The molecule has 0 aromatic carbocycles. The van der Waals surface area contributed by atoms with Gasteiger partial charge in [-0.15, -0.1) is 0 Å². The summed E-state index contributed by atoms with van der Waals surface area (Å²) in [5.41, 5.74) is 2.62. The highest BCUT2D eigenvalue weighted by atomic mass is 16.5. The van der Waals surface area contributed by atoms with Crippen LogP contribution in [0.1, 0.15) is 24.7 Å². The Bertz CT molecular complexity index is 713. The number of pyridine rings is 1. The monoisotopic (exact) mass is 329 g/mol. The molecule has 3 rings (SSSR count). The van der Waals surface area contributed by atoms with Gasteiger partial charge in [0.05, 0.1) is 29.8 Å². The quantitative estimate of drug-likeness (QED) is 0.936. The number of aromatic nitrogens is 3. The number of anilines is 1. The summed E-state index contributed by atoms with van der Waals surface area (Å²) in [6.45, 7) is 7.95. The number of nitrogens with one attached hydrogen (secondary N) is 1. The van der Waals surface area contributed by atoms with Crippen LogP contribution in [0.2, 0.25) is 0 Å². The molecule has 1 fully saturated rings. The number of aryl methyl sites for hydroxylation is 2. The second kappa shape index (κ2) is 6.90. The Labute approximate surface area is 141 Å². The van der Waals surface area contributed by atoms with Gasteiger partial charge in [0.25, 0.3) is 0 Å². The van der Waals surface area contributed by atoms with Gasteiger partial charge < -0.3 is 15.0 Å². The number of carbonyl (C=O) groups excluding carboxylic acids is 1. The van der Waals surface area contributed by atoms with Gasteiger partial charge in [-0.05, 0) is 32.9 Å². The van der Waals surface area contributed by atoms with Crippen LogP contribution < -0.4 is 10.1 Å². The predicted molar refractivity (Wildman–Crippen MR) is 91.2 cm³/mol. The molecule has 0 aliphatic carbocycles. The molecule has 2 aromatic rings. The van der Waals surface area contributed by atoms with E-state index in [9.17, 15) is 4.79 Å². The average Bonchev–Trinajstić information content (AvgIpc) is 3.15. The first kappa shape index (κ1) is 16.3. The largest absolute Gasteiger partial charge is 0.487 e. The molecule has 1 aliphatic heterocycles. The lowest BCUT2D eigenvalue weighted by molar-refractivity contribution is 0.194. The van der Waals surface area contributed by atoms with E-state index in [2.05, 4.69) is 15.4 Å². The van der Waals surface area contributed by atoms with Crippen molar-refractivity contribution in [2.45, 2.75) is 39.8 Å². The zero-order chi connectivity index (χ0) is 17.1. The van der Waals surface area contributed by atoms with Crippen molar-refractivity contribution < 1.29 is 9.53 Å². The van der Waals surface area contributed by atoms with Gasteiger partial charge in [0.1, 0.15) is 11.9 Å². The molecule has 128 valence electrons. The fourth-order valence-electron chi connectivity index (χ4n) is 2.99. The number of hydrogen-bond acceptors (Lipinski definition) is 4. The summed E-state index contributed by atoms with van der Waals surface area (Å²) in [5, 5.41) is 7.43. The Morgan fingerprint density at radius 1 is 1.46 bits per heavy atom. The van der Waals surface area contributed by atoms with Crippen molar-refractivity contribution in [3.8, 4) is 5.75 Å². The van der Waals surface area contributed by atoms with Gasteiger partial charge in [0.2, 0.25) is 0 Å². The van der Waals surface area contributed by atoms with E-state index in [0.29, 0.717) is 13.1 Å². The Hall–Kier alpha value is -2.57. The Balaban J connectivity index is 1.60. The van der Waals surface area contributed by atoms with E-state index >= 15 is 0 Å². The molecule has 0 bridgehead atoms. The third-order valence-corrected chi connectivity index (χ3v) is 4.28. The van der Waals surface area contributed by atoms with Crippen molar-refractivity contribution in [3.63, 3.8) is 0 Å². The lowest BCUT2D eigenvalue weighted by Gasteiger charge is -2.18. The minimum absolute atomic E-state index is 0.000471.